The summed E-state index contributed by atoms with van der Waals surface area (Å²) in [4.78, 5) is 17.4. The molecule has 1 saturated heterocycles. The molecule has 9 heteroatoms. The van der Waals surface area contributed by atoms with Crippen molar-refractivity contribution in [1.29, 1.82) is 0 Å². The number of aromatic nitrogens is 3. The lowest BCUT2D eigenvalue weighted by molar-refractivity contribution is -0.124. The monoisotopic (exact) mass is 436 g/mol. The van der Waals surface area contributed by atoms with Crippen molar-refractivity contribution in [2.45, 2.75) is 32.4 Å². The molecule has 0 saturated carbocycles. The lowest BCUT2D eigenvalue weighted by Gasteiger charge is -2.22. The van der Waals surface area contributed by atoms with Crippen LogP contribution < -0.4 is 21.1 Å². The molecule has 1 fully saturated rings. The number of amides is 1. The minimum atomic E-state index is -0.196. The van der Waals surface area contributed by atoms with E-state index in [1.54, 1.807) is 18.4 Å². The summed E-state index contributed by atoms with van der Waals surface area (Å²) >= 11 is 1.66. The van der Waals surface area contributed by atoms with Crippen LogP contribution in [0.3, 0.4) is 0 Å². The lowest BCUT2D eigenvalue weighted by Crippen LogP contribution is -2.48. The van der Waals surface area contributed by atoms with Gasteiger partial charge in [0.05, 0.1) is 23.5 Å². The lowest BCUT2D eigenvalue weighted by atomic mass is 10.1. The van der Waals surface area contributed by atoms with Gasteiger partial charge in [0.15, 0.2) is 5.82 Å². The summed E-state index contributed by atoms with van der Waals surface area (Å²) in [6, 6.07) is 8.24. The average Bonchev–Trinajstić information content (AvgIpc) is 3.35. The van der Waals surface area contributed by atoms with Gasteiger partial charge in [-0.05, 0) is 48.9 Å². The van der Waals surface area contributed by atoms with Crippen molar-refractivity contribution in [3.05, 3.63) is 41.9 Å². The number of nitrogens with zero attached hydrogens (tertiary/aromatic N) is 3. The number of benzene rings is 1. The number of hydrogen-bond donors (Lipinski definition) is 3. The summed E-state index contributed by atoms with van der Waals surface area (Å²) < 4.78 is 8.51. The summed E-state index contributed by atoms with van der Waals surface area (Å²) in [7, 11) is 1.69. The maximum atomic E-state index is 12.1. The van der Waals surface area contributed by atoms with E-state index < -0.39 is 0 Å². The molecule has 0 aliphatic carbocycles. The van der Waals surface area contributed by atoms with Crippen LogP contribution in [-0.2, 0) is 11.3 Å². The van der Waals surface area contributed by atoms with Gasteiger partial charge >= 0.3 is 0 Å². The van der Waals surface area contributed by atoms with E-state index in [0.29, 0.717) is 12.4 Å². The third-order valence-electron chi connectivity index (χ3n) is 5.68. The second-order valence-electron chi connectivity index (χ2n) is 7.82. The Labute approximate surface area is 183 Å². The highest BCUT2D eigenvalue weighted by atomic mass is 32.1. The van der Waals surface area contributed by atoms with Crippen LogP contribution in [0.15, 0.2) is 30.6 Å². The van der Waals surface area contributed by atoms with E-state index in [1.165, 1.54) is 6.33 Å². The maximum Gasteiger partial charge on any atom is 0.237 e. The van der Waals surface area contributed by atoms with Crippen molar-refractivity contribution in [2.24, 2.45) is 0 Å². The van der Waals surface area contributed by atoms with Gasteiger partial charge in [0.2, 0.25) is 5.91 Å². The number of nitrogens with one attached hydrogen (secondary N) is 2. The van der Waals surface area contributed by atoms with E-state index in [4.69, 9.17) is 10.5 Å². The molecule has 4 N–H and O–H groups in total. The number of methoxy groups -OCH3 is 1. The fourth-order valence-electron chi connectivity index (χ4n) is 4.19. The fourth-order valence-corrected chi connectivity index (χ4v) is 5.34. The smallest absolute Gasteiger partial charge is 0.237 e. The number of hydrogen-bond acceptors (Lipinski definition) is 7. The average molecular weight is 437 g/mol. The Hall–Kier alpha value is -3.17. The van der Waals surface area contributed by atoms with E-state index in [1.807, 2.05) is 10.6 Å². The molecular weight excluding hydrogens is 412 g/mol. The molecule has 1 unspecified atom stereocenters. The topological polar surface area (TPSA) is 107 Å². The van der Waals surface area contributed by atoms with Gasteiger partial charge in [-0.2, -0.15) is 5.10 Å². The third kappa shape index (κ3) is 3.49. The zero-order valence-electron chi connectivity index (χ0n) is 17.4. The van der Waals surface area contributed by atoms with Gasteiger partial charge in [0, 0.05) is 23.5 Å². The van der Waals surface area contributed by atoms with Gasteiger partial charge < -0.3 is 21.1 Å². The largest absolute Gasteiger partial charge is 0.495 e. The summed E-state index contributed by atoms with van der Waals surface area (Å²) in [5.74, 6) is 1.34. The number of carbonyl (C=O) groups is 1. The predicted molar refractivity (Wildman–Crippen MR) is 122 cm³/mol. The van der Waals surface area contributed by atoms with Crippen molar-refractivity contribution in [2.75, 3.05) is 19.4 Å². The van der Waals surface area contributed by atoms with Crippen molar-refractivity contribution >= 4 is 38.7 Å². The van der Waals surface area contributed by atoms with Gasteiger partial charge in [-0.25, -0.2) is 9.50 Å². The van der Waals surface area contributed by atoms with Crippen LogP contribution in [-0.4, -0.2) is 40.2 Å². The minimum Gasteiger partial charge on any atom is -0.495 e. The third-order valence-corrected chi connectivity index (χ3v) is 6.88. The molecule has 0 bridgehead atoms. The zero-order chi connectivity index (χ0) is 21.5. The fraction of sp³-hybridized carbons (Fsp3) is 0.318. The Morgan fingerprint density at radius 2 is 2.23 bits per heavy atom. The van der Waals surface area contributed by atoms with Gasteiger partial charge in [0.1, 0.15) is 17.6 Å². The summed E-state index contributed by atoms with van der Waals surface area (Å²) in [5, 5.41) is 11.8. The first-order valence-electron chi connectivity index (χ1n) is 10.3. The standard InChI is InChI=1S/C22H24N6O2S/c1-12-6-13-8-18(31-20(13)17(7-12)30-2)15-9-14(28-19(15)21(23)26-11-27-28)10-25-16-4-3-5-24-22(16)29/h6-9,11,16,25H,3-5,10H2,1-2H3,(H,24,29)(H2,23,26,27). The Morgan fingerprint density at radius 3 is 3.03 bits per heavy atom. The van der Waals surface area contributed by atoms with Crippen LogP contribution in [0.25, 0.3) is 26.0 Å². The highest BCUT2D eigenvalue weighted by molar-refractivity contribution is 7.22. The molecule has 0 radical (unpaired) electrons. The number of carbonyl (C=O) groups excluding carboxylic acids is 1. The van der Waals surface area contributed by atoms with Gasteiger partial charge in [-0.3, -0.25) is 4.79 Å². The molecule has 3 aromatic heterocycles. The number of anilines is 1. The van der Waals surface area contributed by atoms with Crippen LogP contribution in [0.1, 0.15) is 24.1 Å². The van der Waals surface area contributed by atoms with Crippen LogP contribution in [0.4, 0.5) is 5.82 Å². The number of thiophene rings is 1. The van der Waals surface area contributed by atoms with E-state index in [9.17, 15) is 4.79 Å². The van der Waals surface area contributed by atoms with Crippen molar-refractivity contribution in [3.8, 4) is 16.2 Å². The summed E-state index contributed by atoms with van der Waals surface area (Å²) in [5.41, 5.74) is 10.1. The van der Waals surface area contributed by atoms with E-state index >= 15 is 0 Å². The highest BCUT2D eigenvalue weighted by Crippen LogP contribution is 2.42. The van der Waals surface area contributed by atoms with Crippen LogP contribution in [0.2, 0.25) is 0 Å². The van der Waals surface area contributed by atoms with Gasteiger partial charge in [0.25, 0.3) is 0 Å². The molecule has 1 aliphatic rings. The first-order valence-corrected chi connectivity index (χ1v) is 11.1. The molecular formula is C22H24N6O2S. The molecule has 31 heavy (non-hydrogen) atoms. The molecule has 4 aromatic rings. The van der Waals surface area contributed by atoms with Gasteiger partial charge in [-0.15, -0.1) is 11.3 Å². The van der Waals surface area contributed by atoms with E-state index in [0.717, 1.165) is 62.4 Å². The van der Waals surface area contributed by atoms with Crippen molar-refractivity contribution in [1.82, 2.24) is 25.2 Å². The van der Waals surface area contributed by atoms with E-state index in [-0.39, 0.29) is 11.9 Å². The molecule has 4 heterocycles. The number of aryl methyl sites for hydroxylation is 1. The number of piperidine rings is 1. The number of nitrogen functional groups attached to an aromatic ring is 1. The SMILES string of the molecule is COc1cc(C)cc2cc(-c3cc(CNC4CCCNC4=O)n4ncnc(N)c34)sc12. The van der Waals surface area contributed by atoms with E-state index in [2.05, 4.69) is 45.8 Å². The number of ether oxygens (including phenoxy) is 1. The van der Waals surface area contributed by atoms with Crippen molar-refractivity contribution in [3.63, 3.8) is 0 Å². The number of fused-ring (bicyclic) bond motifs is 2. The molecule has 1 atom stereocenters. The molecule has 1 amide bonds. The second-order valence-corrected chi connectivity index (χ2v) is 8.87. The minimum absolute atomic E-state index is 0.0495. The summed E-state index contributed by atoms with van der Waals surface area (Å²) in [6.45, 7) is 3.31. The Morgan fingerprint density at radius 1 is 1.35 bits per heavy atom. The quantitative estimate of drug-likeness (QED) is 0.444. The maximum absolute atomic E-state index is 12.1. The van der Waals surface area contributed by atoms with Gasteiger partial charge in [-0.1, -0.05) is 6.07 Å². The second kappa shape index (κ2) is 7.82. The summed E-state index contributed by atoms with van der Waals surface area (Å²) in [6.07, 6.45) is 3.26. The van der Waals surface area contributed by atoms with Crippen molar-refractivity contribution < 1.29 is 9.53 Å². The van der Waals surface area contributed by atoms with Crippen LogP contribution >= 0.6 is 11.3 Å². The van der Waals surface area contributed by atoms with Crippen LogP contribution in [0, 0.1) is 6.92 Å². The molecule has 160 valence electrons. The first-order chi connectivity index (χ1) is 15.0. The number of rotatable bonds is 5. The van der Waals surface area contributed by atoms with Crippen LogP contribution in [0.5, 0.6) is 5.75 Å². The first kappa shape index (κ1) is 19.8. The highest BCUT2D eigenvalue weighted by Gasteiger charge is 2.23. The molecule has 5 rings (SSSR count). The Bertz CT molecular complexity index is 1290. The Balaban J connectivity index is 1.58. The normalized spacial score (nSPS) is 16.7. The zero-order valence-corrected chi connectivity index (χ0v) is 18.3. The molecule has 8 nitrogen and oxygen atoms in total. The molecule has 1 aromatic carbocycles. The molecule has 1 aliphatic heterocycles. The number of nitrogens with two attached hydrogens (primary N) is 1. The predicted octanol–water partition coefficient (Wildman–Crippen LogP) is 2.88. The molecule has 0 spiro atoms. The Kier molecular flexibility index (Phi) is 4.99.